The molecule has 0 aliphatic carbocycles. The van der Waals surface area contributed by atoms with Crippen molar-refractivity contribution in [2.75, 3.05) is 11.9 Å². The number of fused-ring (bicyclic) bond motifs is 1. The van der Waals surface area contributed by atoms with Crippen molar-refractivity contribution in [3.05, 3.63) is 22.8 Å². The van der Waals surface area contributed by atoms with Gasteiger partial charge in [0.1, 0.15) is 0 Å². The molecule has 0 amide bonds. The van der Waals surface area contributed by atoms with Crippen LogP contribution in [0.3, 0.4) is 0 Å². The van der Waals surface area contributed by atoms with Crippen LogP contribution in [0.4, 0.5) is 5.95 Å². The highest BCUT2D eigenvalue weighted by molar-refractivity contribution is 9.10. The summed E-state index contributed by atoms with van der Waals surface area (Å²) in [6.07, 6.45) is 2.57. The minimum absolute atomic E-state index is 0.430. The number of halogens is 1. The number of aliphatic hydroxyl groups is 1. The summed E-state index contributed by atoms with van der Waals surface area (Å²) in [6, 6.07) is 3.81. The quantitative estimate of drug-likeness (QED) is 0.886. The van der Waals surface area contributed by atoms with Crippen LogP contribution >= 0.6 is 15.9 Å². The van der Waals surface area contributed by atoms with Crippen molar-refractivity contribution in [2.45, 2.75) is 32.8 Å². The van der Waals surface area contributed by atoms with E-state index >= 15 is 0 Å². The van der Waals surface area contributed by atoms with Crippen LogP contribution in [-0.2, 0) is 0 Å². The first kappa shape index (κ1) is 14.3. The first-order valence-corrected chi connectivity index (χ1v) is 7.14. The predicted octanol–water partition coefficient (Wildman–Crippen LogP) is 2.70. The summed E-state index contributed by atoms with van der Waals surface area (Å²) in [4.78, 5) is 4.38. The number of anilines is 1. The van der Waals surface area contributed by atoms with Crippen molar-refractivity contribution < 1.29 is 5.11 Å². The highest BCUT2D eigenvalue weighted by Gasteiger charge is 2.22. The number of hydrogen-bond donors (Lipinski definition) is 2. The van der Waals surface area contributed by atoms with Gasteiger partial charge in [-0.2, -0.15) is 4.98 Å². The summed E-state index contributed by atoms with van der Waals surface area (Å²) in [5.41, 5.74) is -0.00316. The third-order valence-electron chi connectivity index (χ3n) is 2.79. The third kappa shape index (κ3) is 3.67. The van der Waals surface area contributed by atoms with Crippen molar-refractivity contribution in [3.8, 4) is 0 Å². The van der Waals surface area contributed by atoms with Crippen LogP contribution in [0.1, 0.15) is 27.2 Å². The molecule has 0 bridgehead atoms. The summed E-state index contributed by atoms with van der Waals surface area (Å²) in [6.45, 7) is 6.44. The molecular formula is C13H19BrN4O. The molecule has 0 aliphatic heterocycles. The van der Waals surface area contributed by atoms with E-state index in [0.717, 1.165) is 16.5 Å². The summed E-state index contributed by atoms with van der Waals surface area (Å²) in [7, 11) is 0. The molecule has 5 nitrogen and oxygen atoms in total. The topological polar surface area (TPSA) is 62.5 Å². The second-order valence-electron chi connectivity index (χ2n) is 5.51. The fraction of sp³-hybridized carbons (Fsp3) is 0.538. The Labute approximate surface area is 121 Å². The van der Waals surface area contributed by atoms with Gasteiger partial charge >= 0.3 is 0 Å². The van der Waals surface area contributed by atoms with Crippen LogP contribution in [0, 0.1) is 5.92 Å². The van der Waals surface area contributed by atoms with E-state index in [2.05, 4.69) is 45.2 Å². The van der Waals surface area contributed by atoms with E-state index in [4.69, 9.17) is 0 Å². The molecule has 2 aromatic heterocycles. The summed E-state index contributed by atoms with van der Waals surface area (Å²) >= 11 is 3.43. The second kappa shape index (κ2) is 5.46. The summed E-state index contributed by atoms with van der Waals surface area (Å²) < 4.78 is 2.59. The maximum atomic E-state index is 10.2. The smallest absolute Gasteiger partial charge is 0.243 e. The molecule has 0 spiro atoms. The minimum atomic E-state index is -0.761. The Morgan fingerprint density at radius 1 is 1.53 bits per heavy atom. The molecule has 6 heteroatoms. The van der Waals surface area contributed by atoms with Gasteiger partial charge in [-0.25, -0.2) is 4.52 Å². The van der Waals surface area contributed by atoms with Crippen LogP contribution in [0.5, 0.6) is 0 Å². The molecule has 0 fully saturated rings. The Morgan fingerprint density at radius 2 is 2.26 bits per heavy atom. The highest BCUT2D eigenvalue weighted by Crippen LogP contribution is 2.19. The largest absolute Gasteiger partial charge is 0.388 e. The number of aromatic nitrogens is 3. The van der Waals surface area contributed by atoms with Gasteiger partial charge in [-0.15, -0.1) is 5.10 Å². The predicted molar refractivity (Wildman–Crippen MR) is 79.3 cm³/mol. The van der Waals surface area contributed by atoms with Gasteiger partial charge in [0.05, 0.1) is 10.1 Å². The van der Waals surface area contributed by atoms with E-state index in [1.54, 1.807) is 4.52 Å². The lowest BCUT2D eigenvalue weighted by molar-refractivity contribution is 0.0514. The zero-order chi connectivity index (χ0) is 14.0. The molecule has 2 N–H and O–H groups in total. The van der Waals surface area contributed by atoms with Crippen molar-refractivity contribution in [3.63, 3.8) is 0 Å². The normalized spacial score (nSPS) is 14.8. The molecule has 2 heterocycles. The first-order chi connectivity index (χ1) is 8.87. The molecule has 0 radical (unpaired) electrons. The number of hydrogen-bond acceptors (Lipinski definition) is 4. The zero-order valence-corrected chi connectivity index (χ0v) is 13.0. The number of rotatable bonds is 5. The number of nitrogens with one attached hydrogen (secondary N) is 1. The van der Waals surface area contributed by atoms with Crippen molar-refractivity contribution in [1.82, 2.24) is 14.6 Å². The molecule has 2 rings (SSSR count). The lowest BCUT2D eigenvalue weighted by atomic mass is 9.94. The monoisotopic (exact) mass is 326 g/mol. The summed E-state index contributed by atoms with van der Waals surface area (Å²) in [5.74, 6) is 0.968. The summed E-state index contributed by atoms with van der Waals surface area (Å²) in [5, 5.41) is 17.6. The maximum absolute atomic E-state index is 10.2. The Kier molecular flexibility index (Phi) is 4.10. The third-order valence-corrected chi connectivity index (χ3v) is 3.41. The van der Waals surface area contributed by atoms with Gasteiger partial charge in [0.2, 0.25) is 5.95 Å². The van der Waals surface area contributed by atoms with E-state index in [0.29, 0.717) is 18.4 Å². The van der Waals surface area contributed by atoms with E-state index in [-0.39, 0.29) is 0 Å². The molecule has 19 heavy (non-hydrogen) atoms. The van der Waals surface area contributed by atoms with Gasteiger partial charge < -0.3 is 10.4 Å². The molecule has 0 saturated carbocycles. The van der Waals surface area contributed by atoms with Crippen LogP contribution in [0.25, 0.3) is 5.65 Å². The molecular weight excluding hydrogens is 308 g/mol. The fourth-order valence-electron chi connectivity index (χ4n) is 2.17. The SMILES string of the molecule is CC(C)CC(C)(O)CNc1nc2c(Br)cccn2n1. The zero-order valence-electron chi connectivity index (χ0n) is 11.4. The molecule has 0 saturated heterocycles. The first-order valence-electron chi connectivity index (χ1n) is 6.34. The van der Waals surface area contributed by atoms with Crippen molar-refractivity contribution in [1.29, 1.82) is 0 Å². The van der Waals surface area contributed by atoms with Crippen molar-refractivity contribution >= 4 is 27.5 Å². The molecule has 104 valence electrons. The van der Waals surface area contributed by atoms with Gasteiger partial charge in [0.25, 0.3) is 0 Å². The highest BCUT2D eigenvalue weighted by atomic mass is 79.9. The molecule has 0 aliphatic rings. The van der Waals surface area contributed by atoms with Crippen molar-refractivity contribution in [2.24, 2.45) is 5.92 Å². The van der Waals surface area contributed by atoms with Crippen LogP contribution < -0.4 is 5.32 Å². The minimum Gasteiger partial charge on any atom is -0.388 e. The standard InChI is InChI=1S/C13H19BrN4O/c1-9(2)7-13(3,19)8-15-12-16-11-10(14)5-4-6-18(11)17-12/h4-6,9,19H,7-8H2,1-3H3,(H,15,17). The van der Waals surface area contributed by atoms with Crippen LogP contribution in [-0.4, -0.2) is 31.9 Å². The van der Waals surface area contributed by atoms with E-state index < -0.39 is 5.60 Å². The Balaban J connectivity index is 2.08. The number of pyridine rings is 1. The molecule has 1 unspecified atom stereocenters. The lowest BCUT2D eigenvalue weighted by Gasteiger charge is -2.25. The average Bonchev–Trinajstić information content (AvgIpc) is 2.69. The Morgan fingerprint density at radius 3 is 2.89 bits per heavy atom. The van der Waals surface area contributed by atoms with E-state index in [1.165, 1.54) is 0 Å². The molecule has 1 atom stereocenters. The Bertz CT molecular complexity index is 565. The second-order valence-corrected chi connectivity index (χ2v) is 6.36. The fourth-order valence-corrected chi connectivity index (χ4v) is 2.59. The van der Waals surface area contributed by atoms with Crippen LogP contribution in [0.2, 0.25) is 0 Å². The van der Waals surface area contributed by atoms with Gasteiger partial charge in [-0.3, -0.25) is 0 Å². The van der Waals surface area contributed by atoms with Crippen LogP contribution in [0.15, 0.2) is 22.8 Å². The van der Waals surface area contributed by atoms with E-state index in [9.17, 15) is 5.11 Å². The van der Waals surface area contributed by atoms with Gasteiger partial charge in [-0.05, 0) is 47.3 Å². The lowest BCUT2D eigenvalue weighted by Crippen LogP contribution is -2.35. The average molecular weight is 327 g/mol. The van der Waals surface area contributed by atoms with Gasteiger partial charge in [0, 0.05) is 12.7 Å². The Hall–Kier alpha value is -1.14. The molecule has 0 aromatic carbocycles. The molecule has 2 aromatic rings. The van der Waals surface area contributed by atoms with E-state index in [1.807, 2.05) is 25.3 Å². The maximum Gasteiger partial charge on any atom is 0.243 e. The van der Waals surface area contributed by atoms with Gasteiger partial charge in [0.15, 0.2) is 5.65 Å². The number of nitrogens with zero attached hydrogens (tertiary/aromatic N) is 3. The van der Waals surface area contributed by atoms with Gasteiger partial charge in [-0.1, -0.05) is 13.8 Å².